The lowest BCUT2D eigenvalue weighted by Gasteiger charge is -2.08. The SMILES string of the molecule is COc1ccc(-c2noc(C(C)NC(=O)c3sc(N)nc3C)n2)cc1. The van der Waals surface area contributed by atoms with E-state index in [1.807, 2.05) is 24.3 Å². The van der Waals surface area contributed by atoms with E-state index in [2.05, 4.69) is 20.4 Å². The number of anilines is 1. The topological polar surface area (TPSA) is 116 Å². The van der Waals surface area contributed by atoms with Crippen molar-refractivity contribution in [2.24, 2.45) is 0 Å². The molecule has 130 valence electrons. The summed E-state index contributed by atoms with van der Waals surface area (Å²) in [5.41, 5.74) is 7.01. The van der Waals surface area contributed by atoms with Crippen molar-refractivity contribution in [2.45, 2.75) is 19.9 Å². The fourth-order valence-electron chi connectivity index (χ4n) is 2.22. The molecule has 0 saturated carbocycles. The van der Waals surface area contributed by atoms with Crippen molar-refractivity contribution in [2.75, 3.05) is 12.8 Å². The van der Waals surface area contributed by atoms with Gasteiger partial charge >= 0.3 is 0 Å². The molecule has 2 aromatic heterocycles. The van der Waals surface area contributed by atoms with Gasteiger partial charge in [0.15, 0.2) is 5.13 Å². The van der Waals surface area contributed by atoms with Gasteiger partial charge in [0, 0.05) is 5.56 Å². The number of thiazole rings is 1. The Balaban J connectivity index is 1.72. The molecule has 0 fully saturated rings. The van der Waals surface area contributed by atoms with Crippen molar-refractivity contribution in [1.82, 2.24) is 20.4 Å². The molecule has 8 nitrogen and oxygen atoms in total. The number of benzene rings is 1. The number of hydrogen-bond donors (Lipinski definition) is 2. The van der Waals surface area contributed by atoms with E-state index < -0.39 is 6.04 Å². The van der Waals surface area contributed by atoms with Crippen LogP contribution in [0.25, 0.3) is 11.4 Å². The van der Waals surface area contributed by atoms with Gasteiger partial charge in [-0.05, 0) is 38.1 Å². The summed E-state index contributed by atoms with van der Waals surface area (Å²) in [5, 5.41) is 7.12. The van der Waals surface area contributed by atoms with Crippen LogP contribution in [-0.2, 0) is 0 Å². The fraction of sp³-hybridized carbons (Fsp3) is 0.250. The van der Waals surface area contributed by atoms with Crippen LogP contribution in [-0.4, -0.2) is 28.1 Å². The van der Waals surface area contributed by atoms with Crippen molar-refractivity contribution in [3.8, 4) is 17.1 Å². The number of nitrogens with two attached hydrogens (primary N) is 1. The molecule has 3 rings (SSSR count). The molecule has 0 aliphatic carbocycles. The number of methoxy groups -OCH3 is 1. The van der Waals surface area contributed by atoms with Crippen molar-refractivity contribution < 1.29 is 14.1 Å². The average Bonchev–Trinajstić information content (AvgIpc) is 3.21. The molecule has 0 bridgehead atoms. The minimum Gasteiger partial charge on any atom is -0.497 e. The molecule has 1 amide bonds. The van der Waals surface area contributed by atoms with Crippen LogP contribution in [0, 0.1) is 6.92 Å². The van der Waals surface area contributed by atoms with Crippen LogP contribution >= 0.6 is 11.3 Å². The number of aromatic nitrogens is 3. The Labute approximate surface area is 148 Å². The molecule has 1 unspecified atom stereocenters. The molecule has 0 aliphatic rings. The van der Waals surface area contributed by atoms with Crippen molar-refractivity contribution in [3.05, 3.63) is 40.7 Å². The Morgan fingerprint density at radius 3 is 2.64 bits per heavy atom. The lowest BCUT2D eigenvalue weighted by Crippen LogP contribution is -2.26. The summed E-state index contributed by atoms with van der Waals surface area (Å²) in [7, 11) is 1.60. The predicted octanol–water partition coefficient (Wildman–Crippen LogP) is 2.58. The molecule has 25 heavy (non-hydrogen) atoms. The Kier molecular flexibility index (Phi) is 4.66. The zero-order valence-corrected chi connectivity index (χ0v) is 14.8. The average molecular weight is 359 g/mol. The third-order valence-electron chi connectivity index (χ3n) is 3.53. The second-order valence-corrected chi connectivity index (χ2v) is 6.38. The maximum Gasteiger partial charge on any atom is 0.263 e. The first-order chi connectivity index (χ1) is 12.0. The van der Waals surface area contributed by atoms with Crippen LogP contribution in [0.15, 0.2) is 28.8 Å². The molecular formula is C16H17N5O3S. The van der Waals surface area contributed by atoms with Crippen molar-refractivity contribution in [3.63, 3.8) is 0 Å². The molecule has 1 aromatic carbocycles. The van der Waals surface area contributed by atoms with Crippen LogP contribution in [0.4, 0.5) is 5.13 Å². The van der Waals surface area contributed by atoms with E-state index in [-0.39, 0.29) is 5.91 Å². The predicted molar refractivity (Wildman–Crippen MR) is 93.4 cm³/mol. The van der Waals surface area contributed by atoms with Crippen molar-refractivity contribution in [1.29, 1.82) is 0 Å². The number of nitrogens with zero attached hydrogens (tertiary/aromatic N) is 3. The molecule has 0 spiro atoms. The van der Waals surface area contributed by atoms with E-state index in [9.17, 15) is 4.79 Å². The van der Waals surface area contributed by atoms with Gasteiger partial charge in [0.05, 0.1) is 12.8 Å². The quantitative estimate of drug-likeness (QED) is 0.719. The second kappa shape index (κ2) is 6.89. The van der Waals surface area contributed by atoms with Crippen LogP contribution < -0.4 is 15.8 Å². The number of rotatable bonds is 5. The van der Waals surface area contributed by atoms with Gasteiger partial charge in [-0.2, -0.15) is 4.98 Å². The number of carbonyl (C=O) groups is 1. The van der Waals surface area contributed by atoms with Gasteiger partial charge in [-0.15, -0.1) is 0 Å². The normalized spacial score (nSPS) is 12.0. The maximum absolute atomic E-state index is 12.3. The Bertz CT molecular complexity index is 888. The third-order valence-corrected chi connectivity index (χ3v) is 4.51. The summed E-state index contributed by atoms with van der Waals surface area (Å²) in [4.78, 5) is 21.2. The van der Waals surface area contributed by atoms with E-state index in [1.54, 1.807) is 21.0 Å². The van der Waals surface area contributed by atoms with Crippen LogP contribution in [0.3, 0.4) is 0 Å². The first kappa shape index (κ1) is 16.9. The number of hydrogen-bond acceptors (Lipinski definition) is 8. The summed E-state index contributed by atoms with van der Waals surface area (Å²) in [6, 6.07) is 6.84. The number of carbonyl (C=O) groups excluding carboxylic acids is 1. The highest BCUT2D eigenvalue weighted by Gasteiger charge is 2.21. The lowest BCUT2D eigenvalue weighted by molar-refractivity contribution is 0.0936. The second-order valence-electron chi connectivity index (χ2n) is 5.35. The third kappa shape index (κ3) is 3.61. The molecule has 0 radical (unpaired) electrons. The van der Waals surface area contributed by atoms with Crippen LogP contribution in [0.1, 0.15) is 34.2 Å². The van der Waals surface area contributed by atoms with Gasteiger partial charge in [-0.1, -0.05) is 16.5 Å². The Morgan fingerprint density at radius 2 is 2.04 bits per heavy atom. The molecule has 3 N–H and O–H groups in total. The number of nitrogens with one attached hydrogen (secondary N) is 1. The van der Waals surface area contributed by atoms with E-state index in [0.29, 0.717) is 27.4 Å². The number of nitrogen functional groups attached to an aromatic ring is 1. The van der Waals surface area contributed by atoms with Crippen LogP contribution in [0.2, 0.25) is 0 Å². The lowest BCUT2D eigenvalue weighted by atomic mass is 10.2. The van der Waals surface area contributed by atoms with Gasteiger partial charge in [-0.3, -0.25) is 4.79 Å². The van der Waals surface area contributed by atoms with Gasteiger partial charge in [0.1, 0.15) is 16.7 Å². The highest BCUT2D eigenvalue weighted by Crippen LogP contribution is 2.23. The van der Waals surface area contributed by atoms with Crippen molar-refractivity contribution >= 4 is 22.4 Å². The van der Waals surface area contributed by atoms with Gasteiger partial charge in [-0.25, -0.2) is 4.98 Å². The van der Waals surface area contributed by atoms with Gasteiger partial charge in [0.2, 0.25) is 11.7 Å². The number of ether oxygens (including phenoxy) is 1. The summed E-state index contributed by atoms with van der Waals surface area (Å²) < 4.78 is 10.4. The summed E-state index contributed by atoms with van der Waals surface area (Å²) in [5.74, 6) is 1.22. The zero-order valence-electron chi connectivity index (χ0n) is 13.9. The Hall–Kier alpha value is -2.94. The highest BCUT2D eigenvalue weighted by atomic mass is 32.1. The van der Waals surface area contributed by atoms with Crippen LogP contribution in [0.5, 0.6) is 5.75 Å². The van der Waals surface area contributed by atoms with Gasteiger partial charge < -0.3 is 20.3 Å². The molecule has 0 aliphatic heterocycles. The zero-order chi connectivity index (χ0) is 18.0. The maximum atomic E-state index is 12.3. The summed E-state index contributed by atoms with van der Waals surface area (Å²) in [6.07, 6.45) is 0. The fourth-order valence-corrected chi connectivity index (χ4v) is 2.96. The minimum atomic E-state index is -0.449. The number of amides is 1. The summed E-state index contributed by atoms with van der Waals surface area (Å²) in [6.45, 7) is 3.50. The standard InChI is InChI=1S/C16H17N5O3S/c1-8-12(25-16(17)19-8)14(22)18-9(2)15-20-13(21-24-15)10-4-6-11(23-3)7-5-10/h4-7,9H,1-3H3,(H2,17,19)(H,18,22). The first-order valence-corrected chi connectivity index (χ1v) is 8.31. The van der Waals surface area contributed by atoms with E-state index in [1.165, 1.54) is 0 Å². The molecular weight excluding hydrogens is 342 g/mol. The monoisotopic (exact) mass is 359 g/mol. The largest absolute Gasteiger partial charge is 0.497 e. The Morgan fingerprint density at radius 1 is 1.32 bits per heavy atom. The summed E-state index contributed by atoms with van der Waals surface area (Å²) >= 11 is 1.14. The van der Waals surface area contributed by atoms with E-state index in [4.69, 9.17) is 15.0 Å². The molecule has 2 heterocycles. The van der Waals surface area contributed by atoms with Gasteiger partial charge in [0.25, 0.3) is 5.91 Å². The smallest absolute Gasteiger partial charge is 0.263 e. The molecule has 0 saturated heterocycles. The molecule has 3 aromatic rings. The highest BCUT2D eigenvalue weighted by molar-refractivity contribution is 7.17. The molecule has 9 heteroatoms. The minimum absolute atomic E-state index is 0.275. The van der Waals surface area contributed by atoms with E-state index in [0.717, 1.165) is 22.6 Å². The first-order valence-electron chi connectivity index (χ1n) is 7.49. The van der Waals surface area contributed by atoms with E-state index >= 15 is 0 Å². The number of aryl methyl sites for hydroxylation is 1. The molecule has 1 atom stereocenters.